The predicted octanol–water partition coefficient (Wildman–Crippen LogP) is 4.52. The summed E-state index contributed by atoms with van der Waals surface area (Å²) in [5.74, 6) is 1.16. The number of aliphatic imine (C=N–C) groups is 1. The van der Waals surface area contributed by atoms with Crippen LogP contribution in [0.2, 0.25) is 0 Å². The smallest absolute Gasteiger partial charge is 0.161 e. The van der Waals surface area contributed by atoms with E-state index in [0.29, 0.717) is 6.04 Å². The second-order valence-electron chi connectivity index (χ2n) is 4.82. The van der Waals surface area contributed by atoms with Crippen LogP contribution in [0.5, 0.6) is 0 Å². The van der Waals surface area contributed by atoms with Crippen LogP contribution in [0, 0.1) is 0 Å². The van der Waals surface area contributed by atoms with Gasteiger partial charge in [0, 0.05) is 11.4 Å². The van der Waals surface area contributed by atoms with Crippen molar-refractivity contribution in [1.29, 1.82) is 0 Å². The predicted molar refractivity (Wildman–Crippen MR) is 86.2 cm³/mol. The van der Waals surface area contributed by atoms with Crippen molar-refractivity contribution >= 4 is 33.4 Å². The molecule has 0 bridgehead atoms. The van der Waals surface area contributed by atoms with Crippen LogP contribution < -0.4 is 5.32 Å². The van der Waals surface area contributed by atoms with E-state index in [1.54, 1.807) is 0 Å². The van der Waals surface area contributed by atoms with Gasteiger partial charge in [0.1, 0.15) is 0 Å². The molecule has 0 saturated heterocycles. The molecule has 1 aliphatic heterocycles. The minimum Gasteiger partial charge on any atom is -0.335 e. The highest BCUT2D eigenvalue weighted by molar-refractivity contribution is 8.14. The van der Waals surface area contributed by atoms with Crippen molar-refractivity contribution in [2.45, 2.75) is 25.8 Å². The molecule has 2 aromatic rings. The lowest BCUT2D eigenvalue weighted by atomic mass is 10.1. The molecule has 1 atom stereocenters. The van der Waals surface area contributed by atoms with Gasteiger partial charge in [-0.2, -0.15) is 0 Å². The van der Waals surface area contributed by atoms with Crippen molar-refractivity contribution in [3.63, 3.8) is 0 Å². The molecule has 3 rings (SSSR count). The molecule has 0 fully saturated rings. The van der Waals surface area contributed by atoms with Gasteiger partial charge in [-0.25, -0.2) is 0 Å². The van der Waals surface area contributed by atoms with Gasteiger partial charge in [-0.15, -0.1) is 0 Å². The van der Waals surface area contributed by atoms with Gasteiger partial charge >= 0.3 is 0 Å². The SMILES string of the molecule is CCC1CCSC(Nc2ccc3ccccc3c2)=N1. The van der Waals surface area contributed by atoms with Gasteiger partial charge in [0.15, 0.2) is 5.17 Å². The largest absolute Gasteiger partial charge is 0.335 e. The Morgan fingerprint density at radius 3 is 2.89 bits per heavy atom. The molecule has 0 aromatic heterocycles. The second kappa shape index (κ2) is 5.66. The lowest BCUT2D eigenvalue weighted by Gasteiger charge is -2.19. The Kier molecular flexibility index (Phi) is 3.74. The quantitative estimate of drug-likeness (QED) is 0.867. The molecule has 1 aliphatic rings. The summed E-state index contributed by atoms with van der Waals surface area (Å²) in [7, 11) is 0. The first-order chi connectivity index (χ1) is 9.35. The summed E-state index contributed by atoms with van der Waals surface area (Å²) in [5.41, 5.74) is 1.13. The normalized spacial score (nSPS) is 19.2. The van der Waals surface area contributed by atoms with Crippen LogP contribution in [0.4, 0.5) is 5.69 Å². The molecule has 98 valence electrons. The highest BCUT2D eigenvalue weighted by Gasteiger charge is 2.13. The van der Waals surface area contributed by atoms with Gasteiger partial charge in [-0.05, 0) is 35.7 Å². The fourth-order valence-electron chi connectivity index (χ4n) is 2.31. The van der Waals surface area contributed by atoms with Crippen LogP contribution in [0.3, 0.4) is 0 Å². The van der Waals surface area contributed by atoms with Gasteiger partial charge in [0.2, 0.25) is 0 Å². The number of thioether (sulfide) groups is 1. The number of nitrogens with zero attached hydrogens (tertiary/aromatic N) is 1. The Morgan fingerprint density at radius 2 is 2.05 bits per heavy atom. The number of benzene rings is 2. The van der Waals surface area contributed by atoms with Crippen LogP contribution >= 0.6 is 11.8 Å². The average molecular weight is 270 g/mol. The molecule has 1 heterocycles. The number of rotatable bonds is 2. The standard InChI is InChI=1S/C16H18N2S/c1-2-14-9-10-19-16(17-14)18-15-8-7-12-5-3-4-6-13(12)11-15/h3-8,11,14H,2,9-10H2,1H3,(H,17,18). The van der Waals surface area contributed by atoms with Crippen molar-refractivity contribution in [2.75, 3.05) is 11.1 Å². The zero-order chi connectivity index (χ0) is 13.1. The molecule has 0 saturated carbocycles. The fraction of sp³-hybridized carbons (Fsp3) is 0.312. The molecule has 1 N–H and O–H groups in total. The van der Waals surface area contributed by atoms with Gasteiger partial charge in [0.05, 0.1) is 6.04 Å². The van der Waals surface area contributed by atoms with Crippen LogP contribution in [0.15, 0.2) is 47.5 Å². The molecular formula is C16H18N2S. The number of amidine groups is 1. The maximum atomic E-state index is 4.74. The second-order valence-corrected chi connectivity index (χ2v) is 5.90. The number of hydrogen-bond acceptors (Lipinski definition) is 3. The van der Waals surface area contributed by atoms with Crippen molar-refractivity contribution in [3.8, 4) is 0 Å². The van der Waals surface area contributed by atoms with Gasteiger partial charge in [0.25, 0.3) is 0 Å². The van der Waals surface area contributed by atoms with Crippen molar-refractivity contribution < 1.29 is 0 Å². The molecule has 2 nitrogen and oxygen atoms in total. The third-order valence-electron chi connectivity index (χ3n) is 3.46. The fourth-order valence-corrected chi connectivity index (χ4v) is 3.31. The summed E-state index contributed by atoms with van der Waals surface area (Å²) in [5, 5.41) is 7.05. The topological polar surface area (TPSA) is 24.4 Å². The van der Waals surface area contributed by atoms with E-state index >= 15 is 0 Å². The van der Waals surface area contributed by atoms with E-state index in [2.05, 4.69) is 54.7 Å². The Labute approximate surface area is 118 Å². The van der Waals surface area contributed by atoms with E-state index in [1.165, 1.54) is 17.2 Å². The van der Waals surface area contributed by atoms with Crippen LogP contribution in [0.1, 0.15) is 19.8 Å². The molecule has 1 unspecified atom stereocenters. The summed E-state index contributed by atoms with van der Waals surface area (Å²) in [6.45, 7) is 2.21. The van der Waals surface area contributed by atoms with Gasteiger partial charge < -0.3 is 5.32 Å². The summed E-state index contributed by atoms with van der Waals surface area (Å²) < 4.78 is 0. The third-order valence-corrected chi connectivity index (χ3v) is 4.38. The van der Waals surface area contributed by atoms with E-state index in [1.807, 2.05) is 11.8 Å². The van der Waals surface area contributed by atoms with Gasteiger partial charge in [-0.3, -0.25) is 4.99 Å². The number of hydrogen-bond donors (Lipinski definition) is 1. The molecule has 0 aliphatic carbocycles. The highest BCUT2D eigenvalue weighted by atomic mass is 32.2. The lowest BCUT2D eigenvalue weighted by Crippen LogP contribution is -2.19. The van der Waals surface area contributed by atoms with Crippen LogP contribution in [-0.4, -0.2) is 17.0 Å². The zero-order valence-electron chi connectivity index (χ0n) is 11.1. The molecule has 2 aromatic carbocycles. The van der Waals surface area contributed by atoms with E-state index in [4.69, 9.17) is 4.99 Å². The maximum Gasteiger partial charge on any atom is 0.161 e. The summed E-state index contributed by atoms with van der Waals surface area (Å²) >= 11 is 1.82. The number of anilines is 1. The van der Waals surface area contributed by atoms with Crippen molar-refractivity contribution in [2.24, 2.45) is 4.99 Å². The first-order valence-electron chi connectivity index (χ1n) is 6.81. The summed E-state index contributed by atoms with van der Waals surface area (Å²) in [6, 6.07) is 15.4. The third kappa shape index (κ3) is 2.92. The monoisotopic (exact) mass is 270 g/mol. The molecule has 19 heavy (non-hydrogen) atoms. The molecular weight excluding hydrogens is 252 g/mol. The summed E-state index contributed by atoms with van der Waals surface area (Å²) in [4.78, 5) is 4.74. The molecule has 0 spiro atoms. The first-order valence-corrected chi connectivity index (χ1v) is 7.80. The average Bonchev–Trinajstić information content (AvgIpc) is 2.47. The minimum atomic E-state index is 0.490. The van der Waals surface area contributed by atoms with Gasteiger partial charge in [-0.1, -0.05) is 49.0 Å². The summed E-state index contributed by atoms with van der Waals surface area (Å²) in [6.07, 6.45) is 2.33. The minimum absolute atomic E-state index is 0.490. The van der Waals surface area contributed by atoms with Crippen molar-refractivity contribution in [3.05, 3.63) is 42.5 Å². The number of fused-ring (bicyclic) bond motifs is 1. The first kappa shape index (κ1) is 12.5. The van der Waals surface area contributed by atoms with Crippen LogP contribution in [0.25, 0.3) is 10.8 Å². The Hall–Kier alpha value is -1.48. The molecule has 0 radical (unpaired) electrons. The lowest BCUT2D eigenvalue weighted by molar-refractivity contribution is 0.634. The van der Waals surface area contributed by atoms with E-state index in [9.17, 15) is 0 Å². The Morgan fingerprint density at radius 1 is 1.21 bits per heavy atom. The number of nitrogens with one attached hydrogen (secondary N) is 1. The Balaban J connectivity index is 1.83. The molecule has 3 heteroatoms. The van der Waals surface area contributed by atoms with Crippen molar-refractivity contribution in [1.82, 2.24) is 0 Å². The van der Waals surface area contributed by atoms with Crippen LogP contribution in [-0.2, 0) is 0 Å². The van der Waals surface area contributed by atoms with E-state index in [0.717, 1.165) is 23.0 Å². The highest BCUT2D eigenvalue weighted by Crippen LogP contribution is 2.23. The van der Waals surface area contributed by atoms with E-state index < -0.39 is 0 Å². The molecule has 0 amide bonds. The maximum absolute atomic E-state index is 4.74. The zero-order valence-corrected chi connectivity index (χ0v) is 11.9. The Bertz CT molecular complexity index is 606. The van der Waals surface area contributed by atoms with E-state index in [-0.39, 0.29) is 0 Å².